The van der Waals surface area contributed by atoms with Crippen molar-refractivity contribution in [2.45, 2.75) is 34.2 Å². The molecule has 0 heterocycles. The quantitative estimate of drug-likeness (QED) is 0.806. The minimum Gasteiger partial charge on any atom is -0.371 e. The minimum atomic E-state index is 0.668. The summed E-state index contributed by atoms with van der Waals surface area (Å²) in [5, 5.41) is 4.34. The molecule has 2 nitrogen and oxygen atoms in total. The van der Waals surface area contributed by atoms with E-state index in [1.54, 1.807) is 0 Å². The largest absolute Gasteiger partial charge is 0.371 e. The van der Waals surface area contributed by atoms with Crippen LogP contribution in [0.2, 0.25) is 5.02 Å². The Balaban J connectivity index is 2.86. The zero-order valence-corrected chi connectivity index (χ0v) is 12.7. The number of anilines is 1. The van der Waals surface area contributed by atoms with Crippen LogP contribution in [0.15, 0.2) is 18.2 Å². The number of benzene rings is 1. The van der Waals surface area contributed by atoms with E-state index in [1.165, 1.54) is 11.3 Å². The van der Waals surface area contributed by atoms with Crippen molar-refractivity contribution in [2.24, 2.45) is 5.92 Å². The smallest absolute Gasteiger partial charge is 0.0642 e. The molecule has 0 fully saturated rings. The van der Waals surface area contributed by atoms with Gasteiger partial charge in [-0.25, -0.2) is 0 Å². The second kappa shape index (κ2) is 7.65. The highest BCUT2D eigenvalue weighted by Crippen LogP contribution is 2.29. The van der Waals surface area contributed by atoms with Crippen molar-refractivity contribution in [3.05, 3.63) is 28.8 Å². The number of nitrogens with zero attached hydrogens (tertiary/aromatic N) is 1. The maximum absolute atomic E-state index is 6.35. The average Bonchev–Trinajstić information content (AvgIpc) is 2.33. The Bertz CT molecular complexity index is 360. The van der Waals surface area contributed by atoms with Gasteiger partial charge in [0.15, 0.2) is 0 Å². The van der Waals surface area contributed by atoms with Crippen LogP contribution in [0.3, 0.4) is 0 Å². The summed E-state index contributed by atoms with van der Waals surface area (Å²) < 4.78 is 0. The lowest BCUT2D eigenvalue weighted by atomic mass is 10.1. The van der Waals surface area contributed by atoms with Gasteiger partial charge < -0.3 is 10.2 Å². The van der Waals surface area contributed by atoms with Gasteiger partial charge in [-0.05, 0) is 37.9 Å². The summed E-state index contributed by atoms with van der Waals surface area (Å²) in [5.74, 6) is 0.668. The molecule has 0 unspecified atom stereocenters. The first-order valence-corrected chi connectivity index (χ1v) is 7.20. The van der Waals surface area contributed by atoms with Crippen LogP contribution < -0.4 is 10.2 Å². The molecule has 18 heavy (non-hydrogen) atoms. The Morgan fingerprint density at radius 1 is 1.22 bits per heavy atom. The Morgan fingerprint density at radius 2 is 1.89 bits per heavy atom. The molecule has 0 aromatic heterocycles. The number of nitrogens with one attached hydrogen (secondary N) is 1. The molecule has 0 radical (unpaired) electrons. The minimum absolute atomic E-state index is 0.668. The Hall–Kier alpha value is -0.730. The molecule has 0 spiro atoms. The summed E-state index contributed by atoms with van der Waals surface area (Å²) in [4.78, 5) is 2.31. The van der Waals surface area contributed by atoms with E-state index in [0.29, 0.717) is 5.92 Å². The maximum Gasteiger partial charge on any atom is 0.0642 e. The van der Waals surface area contributed by atoms with Gasteiger partial charge >= 0.3 is 0 Å². The van der Waals surface area contributed by atoms with Gasteiger partial charge in [0, 0.05) is 19.6 Å². The third kappa shape index (κ3) is 4.18. The van der Waals surface area contributed by atoms with E-state index in [-0.39, 0.29) is 0 Å². The highest BCUT2D eigenvalue weighted by atomic mass is 35.5. The van der Waals surface area contributed by atoms with Crippen LogP contribution in [0, 0.1) is 5.92 Å². The van der Waals surface area contributed by atoms with Crippen molar-refractivity contribution in [3.8, 4) is 0 Å². The van der Waals surface area contributed by atoms with Crippen molar-refractivity contribution < 1.29 is 0 Å². The zero-order chi connectivity index (χ0) is 13.5. The molecular formula is C15H25ClN2. The summed E-state index contributed by atoms with van der Waals surface area (Å²) in [6.45, 7) is 12.6. The summed E-state index contributed by atoms with van der Waals surface area (Å²) in [7, 11) is 0. The fourth-order valence-electron chi connectivity index (χ4n) is 2.09. The molecule has 0 atom stereocenters. The Labute approximate surface area is 116 Å². The number of hydrogen-bond donors (Lipinski definition) is 1. The van der Waals surface area contributed by atoms with Crippen molar-refractivity contribution in [1.82, 2.24) is 5.32 Å². The van der Waals surface area contributed by atoms with Gasteiger partial charge in [-0.3, -0.25) is 0 Å². The molecule has 0 bridgehead atoms. The fraction of sp³-hybridized carbons (Fsp3) is 0.600. The molecule has 0 aliphatic carbocycles. The lowest BCUT2D eigenvalue weighted by Crippen LogP contribution is -2.26. The van der Waals surface area contributed by atoms with Gasteiger partial charge in [0.1, 0.15) is 0 Å². The topological polar surface area (TPSA) is 15.3 Å². The van der Waals surface area contributed by atoms with E-state index in [1.807, 2.05) is 12.1 Å². The molecule has 3 heteroatoms. The van der Waals surface area contributed by atoms with Crippen LogP contribution in [0.5, 0.6) is 0 Å². The van der Waals surface area contributed by atoms with Gasteiger partial charge in [0.25, 0.3) is 0 Å². The third-order valence-corrected chi connectivity index (χ3v) is 3.32. The molecule has 1 aromatic rings. The molecule has 1 N–H and O–H groups in total. The van der Waals surface area contributed by atoms with Crippen LogP contribution in [-0.4, -0.2) is 19.6 Å². The van der Waals surface area contributed by atoms with Crippen molar-refractivity contribution >= 4 is 17.3 Å². The van der Waals surface area contributed by atoms with E-state index in [2.05, 4.69) is 44.0 Å². The highest BCUT2D eigenvalue weighted by molar-refractivity contribution is 6.33. The second-order valence-electron chi connectivity index (χ2n) is 4.94. The molecule has 0 aliphatic rings. The molecule has 0 aliphatic heterocycles. The van der Waals surface area contributed by atoms with E-state index < -0.39 is 0 Å². The van der Waals surface area contributed by atoms with E-state index >= 15 is 0 Å². The monoisotopic (exact) mass is 268 g/mol. The van der Waals surface area contributed by atoms with Crippen LogP contribution >= 0.6 is 11.6 Å². The van der Waals surface area contributed by atoms with Crippen LogP contribution in [-0.2, 0) is 6.54 Å². The predicted octanol–water partition coefficient (Wildman–Crippen LogP) is 3.93. The first-order chi connectivity index (χ1) is 8.60. The van der Waals surface area contributed by atoms with Crippen LogP contribution in [0.25, 0.3) is 0 Å². The number of hydrogen-bond acceptors (Lipinski definition) is 2. The molecule has 1 aromatic carbocycles. The fourth-order valence-corrected chi connectivity index (χ4v) is 2.41. The number of para-hydroxylation sites is 1. The lowest BCUT2D eigenvalue weighted by Gasteiger charge is -2.25. The molecule has 0 saturated heterocycles. The second-order valence-corrected chi connectivity index (χ2v) is 5.35. The van der Waals surface area contributed by atoms with Gasteiger partial charge in [0.05, 0.1) is 10.7 Å². The van der Waals surface area contributed by atoms with Crippen molar-refractivity contribution in [1.29, 1.82) is 0 Å². The summed E-state index contributed by atoms with van der Waals surface area (Å²) in [5.41, 5.74) is 2.47. The van der Waals surface area contributed by atoms with E-state index in [0.717, 1.165) is 31.2 Å². The SMILES string of the molecule is CCN(CC)c1c(Cl)cccc1CNCC(C)C. The lowest BCUT2D eigenvalue weighted by molar-refractivity contribution is 0.552. The van der Waals surface area contributed by atoms with E-state index in [9.17, 15) is 0 Å². The average molecular weight is 269 g/mol. The number of halogens is 1. The summed E-state index contributed by atoms with van der Waals surface area (Å²) in [6.07, 6.45) is 0. The Kier molecular flexibility index (Phi) is 6.51. The van der Waals surface area contributed by atoms with Crippen LogP contribution in [0.1, 0.15) is 33.3 Å². The highest BCUT2D eigenvalue weighted by Gasteiger charge is 2.12. The zero-order valence-electron chi connectivity index (χ0n) is 12.0. The number of rotatable bonds is 7. The Morgan fingerprint density at radius 3 is 2.44 bits per heavy atom. The van der Waals surface area contributed by atoms with Crippen molar-refractivity contribution in [3.63, 3.8) is 0 Å². The predicted molar refractivity (Wildman–Crippen MR) is 81.6 cm³/mol. The van der Waals surface area contributed by atoms with Gasteiger partial charge in [0.2, 0.25) is 0 Å². The first kappa shape index (κ1) is 15.3. The van der Waals surface area contributed by atoms with Crippen LogP contribution in [0.4, 0.5) is 5.69 Å². The maximum atomic E-state index is 6.35. The standard InChI is InChI=1S/C15H25ClN2/c1-5-18(6-2)15-13(8-7-9-14(15)16)11-17-10-12(3)4/h7-9,12,17H,5-6,10-11H2,1-4H3. The molecule has 0 saturated carbocycles. The molecule has 0 amide bonds. The van der Waals surface area contributed by atoms with Crippen molar-refractivity contribution in [2.75, 3.05) is 24.5 Å². The third-order valence-electron chi connectivity index (χ3n) is 3.02. The summed E-state index contributed by atoms with van der Waals surface area (Å²) >= 11 is 6.35. The first-order valence-electron chi connectivity index (χ1n) is 6.83. The van der Waals surface area contributed by atoms with Gasteiger partial charge in [-0.1, -0.05) is 37.6 Å². The molecule has 1 rings (SSSR count). The van der Waals surface area contributed by atoms with E-state index in [4.69, 9.17) is 11.6 Å². The summed E-state index contributed by atoms with van der Waals surface area (Å²) in [6, 6.07) is 6.16. The molecule has 102 valence electrons. The normalized spacial score (nSPS) is 11.0. The van der Waals surface area contributed by atoms with Gasteiger partial charge in [-0.2, -0.15) is 0 Å². The van der Waals surface area contributed by atoms with Gasteiger partial charge in [-0.15, -0.1) is 0 Å². The molecular weight excluding hydrogens is 244 g/mol.